The van der Waals surface area contributed by atoms with Gasteiger partial charge >= 0.3 is 5.97 Å². The average molecular weight is 183 g/mol. The third-order valence-corrected chi connectivity index (χ3v) is 1.81. The first-order chi connectivity index (χ1) is 6.13. The Hall–Kier alpha value is -1.52. The van der Waals surface area contributed by atoms with Crippen LogP contribution in [0.2, 0.25) is 0 Å². The van der Waals surface area contributed by atoms with Crippen molar-refractivity contribution in [3.8, 4) is 0 Å². The van der Waals surface area contributed by atoms with E-state index < -0.39 is 0 Å². The smallest absolute Gasteiger partial charge is 0.305 e. The summed E-state index contributed by atoms with van der Waals surface area (Å²) in [7, 11) is 3.17. The van der Waals surface area contributed by atoms with Gasteiger partial charge in [0.25, 0.3) is 0 Å². The average Bonchev–Trinajstić information content (AvgIpc) is 2.41. The molecular weight excluding hydrogens is 170 g/mol. The lowest BCUT2D eigenvalue weighted by atomic mass is 10.2. The molecular formula is C8H13N3O2. The molecule has 1 heterocycles. The van der Waals surface area contributed by atoms with Crippen molar-refractivity contribution in [1.29, 1.82) is 0 Å². The zero-order valence-electron chi connectivity index (χ0n) is 7.78. The molecule has 0 aliphatic heterocycles. The molecule has 0 aromatic carbocycles. The minimum absolute atomic E-state index is 0.222. The van der Waals surface area contributed by atoms with Gasteiger partial charge in [0, 0.05) is 18.8 Å². The van der Waals surface area contributed by atoms with Crippen LogP contribution >= 0.6 is 0 Å². The summed E-state index contributed by atoms with van der Waals surface area (Å²) in [6.45, 7) is 0. The number of carbonyl (C=O) groups excluding carboxylic acids is 1. The van der Waals surface area contributed by atoms with Gasteiger partial charge in [-0.3, -0.25) is 9.48 Å². The minimum Gasteiger partial charge on any atom is -0.469 e. The largest absolute Gasteiger partial charge is 0.469 e. The van der Waals surface area contributed by atoms with Crippen LogP contribution in [0.4, 0.5) is 5.82 Å². The van der Waals surface area contributed by atoms with E-state index in [0.29, 0.717) is 18.7 Å². The van der Waals surface area contributed by atoms with E-state index in [2.05, 4.69) is 9.84 Å². The number of aromatic nitrogens is 2. The fourth-order valence-corrected chi connectivity index (χ4v) is 1.10. The Morgan fingerprint density at radius 1 is 1.77 bits per heavy atom. The van der Waals surface area contributed by atoms with Crippen LogP contribution in [0.15, 0.2) is 6.07 Å². The van der Waals surface area contributed by atoms with Crippen LogP contribution in [-0.2, 0) is 23.0 Å². The number of hydrogen-bond acceptors (Lipinski definition) is 4. The number of anilines is 1. The maximum atomic E-state index is 10.8. The highest BCUT2D eigenvalue weighted by molar-refractivity contribution is 5.69. The first kappa shape index (κ1) is 9.57. The predicted molar refractivity (Wildman–Crippen MR) is 48.0 cm³/mol. The molecule has 5 nitrogen and oxygen atoms in total. The summed E-state index contributed by atoms with van der Waals surface area (Å²) in [4.78, 5) is 10.8. The normalized spacial score (nSPS) is 10.0. The Balaban J connectivity index is 2.54. The zero-order chi connectivity index (χ0) is 9.84. The van der Waals surface area contributed by atoms with Gasteiger partial charge in [-0.2, -0.15) is 5.10 Å². The molecule has 1 aromatic heterocycles. The van der Waals surface area contributed by atoms with Crippen molar-refractivity contribution in [2.45, 2.75) is 12.8 Å². The predicted octanol–water partition coefficient (Wildman–Crippen LogP) is 0.108. The molecule has 0 radical (unpaired) electrons. The molecule has 0 fully saturated rings. The van der Waals surface area contributed by atoms with E-state index >= 15 is 0 Å². The van der Waals surface area contributed by atoms with Crippen molar-refractivity contribution in [1.82, 2.24) is 9.78 Å². The van der Waals surface area contributed by atoms with Crippen molar-refractivity contribution in [2.75, 3.05) is 12.8 Å². The fraction of sp³-hybridized carbons (Fsp3) is 0.500. The maximum absolute atomic E-state index is 10.8. The van der Waals surface area contributed by atoms with Gasteiger partial charge < -0.3 is 10.5 Å². The molecule has 0 bridgehead atoms. The summed E-state index contributed by atoms with van der Waals surface area (Å²) in [5, 5.41) is 3.96. The maximum Gasteiger partial charge on any atom is 0.305 e. The number of esters is 1. The molecule has 5 heteroatoms. The van der Waals surface area contributed by atoms with Crippen molar-refractivity contribution < 1.29 is 9.53 Å². The van der Waals surface area contributed by atoms with Crippen LogP contribution < -0.4 is 5.73 Å². The number of carbonyl (C=O) groups is 1. The quantitative estimate of drug-likeness (QED) is 0.675. The Morgan fingerprint density at radius 3 is 2.92 bits per heavy atom. The number of nitrogens with two attached hydrogens (primary N) is 1. The van der Waals surface area contributed by atoms with Crippen LogP contribution in [0.5, 0.6) is 0 Å². The highest BCUT2D eigenvalue weighted by Crippen LogP contribution is 2.06. The van der Waals surface area contributed by atoms with Gasteiger partial charge in [0.05, 0.1) is 13.5 Å². The summed E-state index contributed by atoms with van der Waals surface area (Å²) >= 11 is 0. The summed E-state index contributed by atoms with van der Waals surface area (Å²) < 4.78 is 6.18. The van der Waals surface area contributed by atoms with Crippen LogP contribution in [0, 0.1) is 0 Å². The lowest BCUT2D eigenvalue weighted by Gasteiger charge is -1.99. The van der Waals surface area contributed by atoms with E-state index in [0.717, 1.165) is 5.69 Å². The van der Waals surface area contributed by atoms with E-state index in [1.165, 1.54) is 7.11 Å². The Morgan fingerprint density at radius 2 is 2.46 bits per heavy atom. The summed E-state index contributed by atoms with van der Waals surface area (Å²) in [5.74, 6) is 0.252. The molecule has 0 atom stereocenters. The van der Waals surface area contributed by atoms with E-state index in [4.69, 9.17) is 5.73 Å². The first-order valence-corrected chi connectivity index (χ1v) is 3.98. The lowest BCUT2D eigenvalue weighted by Crippen LogP contribution is -2.05. The summed E-state index contributed by atoms with van der Waals surface area (Å²) in [6.07, 6.45) is 0.961. The van der Waals surface area contributed by atoms with Gasteiger partial charge in [-0.25, -0.2) is 0 Å². The molecule has 0 saturated carbocycles. The Labute approximate surface area is 76.5 Å². The fourth-order valence-electron chi connectivity index (χ4n) is 1.10. The minimum atomic E-state index is -0.222. The van der Waals surface area contributed by atoms with Gasteiger partial charge in [-0.05, 0) is 6.42 Å². The molecule has 0 aliphatic rings. The van der Waals surface area contributed by atoms with Gasteiger partial charge in [0.2, 0.25) is 0 Å². The molecule has 0 saturated heterocycles. The molecule has 0 aliphatic carbocycles. The topological polar surface area (TPSA) is 70.1 Å². The number of methoxy groups -OCH3 is 1. The zero-order valence-corrected chi connectivity index (χ0v) is 7.78. The molecule has 72 valence electrons. The van der Waals surface area contributed by atoms with Crippen molar-refractivity contribution in [2.24, 2.45) is 7.05 Å². The van der Waals surface area contributed by atoms with E-state index in [-0.39, 0.29) is 5.97 Å². The van der Waals surface area contributed by atoms with Crippen molar-refractivity contribution in [3.05, 3.63) is 11.8 Å². The monoisotopic (exact) mass is 183 g/mol. The Kier molecular flexibility index (Phi) is 2.89. The Bertz CT molecular complexity index is 306. The SMILES string of the molecule is COC(=O)CCc1cc(N)nn1C. The molecule has 0 amide bonds. The van der Waals surface area contributed by atoms with Crippen molar-refractivity contribution in [3.63, 3.8) is 0 Å². The number of hydrogen-bond donors (Lipinski definition) is 1. The van der Waals surface area contributed by atoms with E-state index in [1.54, 1.807) is 17.8 Å². The number of ether oxygens (including phenoxy) is 1. The number of nitrogen functional groups attached to an aromatic ring is 1. The van der Waals surface area contributed by atoms with Gasteiger partial charge in [0.15, 0.2) is 0 Å². The first-order valence-electron chi connectivity index (χ1n) is 3.98. The summed E-state index contributed by atoms with van der Waals surface area (Å²) in [6, 6.07) is 1.75. The highest BCUT2D eigenvalue weighted by Gasteiger charge is 2.05. The molecule has 1 aromatic rings. The van der Waals surface area contributed by atoms with Gasteiger partial charge in [0.1, 0.15) is 5.82 Å². The molecule has 2 N–H and O–H groups in total. The molecule has 0 unspecified atom stereocenters. The van der Waals surface area contributed by atoms with Crippen LogP contribution in [-0.4, -0.2) is 22.9 Å². The second-order valence-corrected chi connectivity index (χ2v) is 2.76. The molecule has 0 spiro atoms. The van der Waals surface area contributed by atoms with Crippen LogP contribution in [0.1, 0.15) is 12.1 Å². The standard InChI is InChI=1S/C8H13N3O2/c1-11-6(5-7(9)10-11)3-4-8(12)13-2/h5H,3-4H2,1-2H3,(H2,9,10). The van der Waals surface area contributed by atoms with Crippen molar-refractivity contribution >= 4 is 11.8 Å². The molecule has 1 rings (SSSR count). The molecule has 13 heavy (non-hydrogen) atoms. The number of rotatable bonds is 3. The van der Waals surface area contributed by atoms with Gasteiger partial charge in [-0.15, -0.1) is 0 Å². The summed E-state index contributed by atoms with van der Waals surface area (Å²) in [5.41, 5.74) is 6.40. The second-order valence-electron chi connectivity index (χ2n) is 2.76. The van der Waals surface area contributed by atoms with Gasteiger partial charge in [-0.1, -0.05) is 0 Å². The van der Waals surface area contributed by atoms with Crippen LogP contribution in [0.3, 0.4) is 0 Å². The second kappa shape index (κ2) is 3.93. The van der Waals surface area contributed by atoms with E-state index in [9.17, 15) is 4.79 Å². The third kappa shape index (κ3) is 2.47. The lowest BCUT2D eigenvalue weighted by molar-refractivity contribution is -0.140. The van der Waals surface area contributed by atoms with Crippen LogP contribution in [0.25, 0.3) is 0 Å². The third-order valence-electron chi connectivity index (χ3n) is 1.81. The number of aryl methyl sites for hydroxylation is 2. The van der Waals surface area contributed by atoms with E-state index in [1.807, 2.05) is 0 Å². The highest BCUT2D eigenvalue weighted by atomic mass is 16.5. The number of nitrogens with zero attached hydrogens (tertiary/aromatic N) is 2.